The summed E-state index contributed by atoms with van der Waals surface area (Å²) < 4.78 is 27.3. The number of methoxy groups -OCH3 is 1. The van der Waals surface area contributed by atoms with Crippen molar-refractivity contribution in [2.75, 3.05) is 20.3 Å². The van der Waals surface area contributed by atoms with Crippen LogP contribution in [0.5, 0.6) is 5.75 Å². The number of pyridine rings is 3. The molecule has 1 atom stereocenters. The van der Waals surface area contributed by atoms with Gasteiger partial charge in [0.25, 0.3) is 5.56 Å². The molecule has 0 spiro atoms. The maximum Gasteiger partial charge on any atom is 0.260 e. The lowest BCUT2D eigenvalue weighted by Gasteiger charge is -2.14. The molecule has 0 saturated heterocycles. The van der Waals surface area contributed by atoms with Gasteiger partial charge in [-0.1, -0.05) is 0 Å². The van der Waals surface area contributed by atoms with Crippen molar-refractivity contribution in [1.82, 2.24) is 19.6 Å². The van der Waals surface area contributed by atoms with Gasteiger partial charge in [0.15, 0.2) is 17.1 Å². The molecule has 0 aliphatic carbocycles. The highest BCUT2D eigenvalue weighted by molar-refractivity contribution is 5.83. The van der Waals surface area contributed by atoms with Gasteiger partial charge in [-0.15, -0.1) is 5.48 Å². The maximum absolute atomic E-state index is 14.4. The second-order valence-corrected chi connectivity index (χ2v) is 7.48. The summed E-state index contributed by atoms with van der Waals surface area (Å²) in [6.07, 6.45) is 6.24. The monoisotopic (exact) mass is 454 g/mol. The van der Waals surface area contributed by atoms with Gasteiger partial charge in [-0.25, -0.2) is 4.39 Å². The van der Waals surface area contributed by atoms with E-state index in [1.54, 1.807) is 25.3 Å². The van der Waals surface area contributed by atoms with Crippen molar-refractivity contribution < 1.29 is 18.7 Å². The van der Waals surface area contributed by atoms with Crippen molar-refractivity contribution in [2.24, 2.45) is 0 Å². The highest BCUT2D eigenvalue weighted by Gasteiger charge is 2.18. The van der Waals surface area contributed by atoms with Gasteiger partial charge in [0.2, 0.25) is 0 Å². The Hall–Kier alpha value is -3.83. The number of hydroxylamine groups is 1. The van der Waals surface area contributed by atoms with Crippen LogP contribution in [0.2, 0.25) is 0 Å². The third kappa shape index (κ3) is 4.69. The average Bonchev–Trinajstić information content (AvgIpc) is 3.24. The van der Waals surface area contributed by atoms with E-state index in [0.29, 0.717) is 41.2 Å². The van der Waals surface area contributed by atoms with Gasteiger partial charge in [0.1, 0.15) is 18.2 Å². The second-order valence-electron chi connectivity index (χ2n) is 7.48. The van der Waals surface area contributed by atoms with Crippen molar-refractivity contribution in [3.63, 3.8) is 0 Å². The Morgan fingerprint density at radius 3 is 2.91 bits per heavy atom. The molecule has 0 amide bonds. The SMILES string of the molecule is COCCOc1cnc2ccn(CC(=N)n3cc(C4=CC(C)NO4)cc(F)c3=N)c(=O)c2c1. The molecule has 0 fully saturated rings. The number of halogens is 1. The fraction of sp³-hybridized carbons (Fsp3) is 0.273. The van der Waals surface area contributed by atoms with E-state index in [4.69, 9.17) is 25.1 Å². The minimum atomic E-state index is -0.811. The topological polar surface area (TPSA) is 127 Å². The molecule has 0 saturated carbocycles. The molecule has 4 rings (SSSR count). The van der Waals surface area contributed by atoms with Crippen LogP contribution in [0.3, 0.4) is 0 Å². The van der Waals surface area contributed by atoms with E-state index in [1.165, 1.54) is 29.2 Å². The number of ether oxygens (including phenoxy) is 2. The Morgan fingerprint density at radius 2 is 2.18 bits per heavy atom. The van der Waals surface area contributed by atoms with Crippen molar-refractivity contribution in [1.29, 1.82) is 10.8 Å². The van der Waals surface area contributed by atoms with Crippen LogP contribution in [0.1, 0.15) is 12.5 Å². The van der Waals surface area contributed by atoms with E-state index in [0.717, 1.165) is 4.57 Å². The molecule has 11 heteroatoms. The van der Waals surface area contributed by atoms with Gasteiger partial charge < -0.3 is 18.9 Å². The normalized spacial score (nSPS) is 15.4. The summed E-state index contributed by atoms with van der Waals surface area (Å²) in [6.45, 7) is 2.40. The zero-order valence-corrected chi connectivity index (χ0v) is 18.1. The van der Waals surface area contributed by atoms with E-state index >= 15 is 0 Å². The van der Waals surface area contributed by atoms with Crippen LogP contribution >= 0.6 is 0 Å². The van der Waals surface area contributed by atoms with Gasteiger partial charge in [-0.3, -0.25) is 25.2 Å². The molecule has 1 unspecified atom stereocenters. The third-order valence-electron chi connectivity index (χ3n) is 5.02. The van der Waals surface area contributed by atoms with Gasteiger partial charge in [0.05, 0.1) is 36.3 Å². The van der Waals surface area contributed by atoms with Crippen molar-refractivity contribution >= 4 is 22.5 Å². The zero-order chi connectivity index (χ0) is 23.5. The summed E-state index contributed by atoms with van der Waals surface area (Å²) in [5.41, 5.74) is 2.72. The Kier molecular flexibility index (Phi) is 6.33. The summed E-state index contributed by atoms with van der Waals surface area (Å²) in [4.78, 5) is 22.6. The smallest absolute Gasteiger partial charge is 0.260 e. The fourth-order valence-electron chi connectivity index (χ4n) is 3.34. The molecule has 3 aromatic rings. The summed E-state index contributed by atoms with van der Waals surface area (Å²) in [5, 5.41) is 16.8. The number of fused-ring (bicyclic) bond motifs is 1. The highest BCUT2D eigenvalue weighted by Crippen LogP contribution is 2.20. The van der Waals surface area contributed by atoms with Crippen LogP contribution in [0.25, 0.3) is 16.7 Å². The van der Waals surface area contributed by atoms with Gasteiger partial charge >= 0.3 is 0 Å². The molecule has 3 aromatic heterocycles. The lowest BCUT2D eigenvalue weighted by Crippen LogP contribution is -2.34. The van der Waals surface area contributed by atoms with E-state index in [9.17, 15) is 9.18 Å². The van der Waals surface area contributed by atoms with Crippen LogP contribution < -0.4 is 21.3 Å². The molecule has 10 nitrogen and oxygen atoms in total. The zero-order valence-electron chi connectivity index (χ0n) is 18.1. The Balaban J connectivity index is 1.64. The molecule has 0 aromatic carbocycles. The Bertz CT molecular complexity index is 1360. The van der Waals surface area contributed by atoms with Gasteiger partial charge in [-0.2, -0.15) is 0 Å². The first kappa shape index (κ1) is 22.4. The first-order valence-electron chi connectivity index (χ1n) is 10.2. The molecule has 1 aliphatic rings. The number of aromatic nitrogens is 3. The minimum Gasteiger partial charge on any atom is -0.490 e. The first-order chi connectivity index (χ1) is 15.9. The first-order valence-corrected chi connectivity index (χ1v) is 10.2. The van der Waals surface area contributed by atoms with Crippen LogP contribution in [0.4, 0.5) is 4.39 Å². The van der Waals surface area contributed by atoms with E-state index in [1.807, 2.05) is 6.92 Å². The summed E-state index contributed by atoms with van der Waals surface area (Å²) in [5.74, 6) is -0.149. The summed E-state index contributed by atoms with van der Waals surface area (Å²) in [6, 6.07) is 4.36. The largest absolute Gasteiger partial charge is 0.490 e. The van der Waals surface area contributed by atoms with E-state index in [2.05, 4.69) is 10.5 Å². The maximum atomic E-state index is 14.4. The molecule has 33 heavy (non-hydrogen) atoms. The molecule has 3 N–H and O–H groups in total. The number of hydrogen-bond donors (Lipinski definition) is 3. The lowest BCUT2D eigenvalue weighted by molar-refractivity contribution is 0.146. The van der Waals surface area contributed by atoms with Gasteiger partial charge in [0, 0.05) is 25.1 Å². The van der Waals surface area contributed by atoms with Crippen LogP contribution in [0, 0.1) is 16.6 Å². The average molecular weight is 454 g/mol. The van der Waals surface area contributed by atoms with Crippen molar-refractivity contribution in [3.05, 3.63) is 70.1 Å². The van der Waals surface area contributed by atoms with E-state index < -0.39 is 11.3 Å². The number of rotatable bonds is 7. The van der Waals surface area contributed by atoms with E-state index in [-0.39, 0.29) is 24.0 Å². The van der Waals surface area contributed by atoms with Crippen molar-refractivity contribution in [3.8, 4) is 5.75 Å². The highest BCUT2D eigenvalue weighted by atomic mass is 19.1. The predicted octanol–water partition coefficient (Wildman–Crippen LogP) is 1.63. The fourth-order valence-corrected chi connectivity index (χ4v) is 3.34. The van der Waals surface area contributed by atoms with Crippen LogP contribution in [-0.4, -0.2) is 46.3 Å². The Morgan fingerprint density at radius 1 is 1.36 bits per heavy atom. The molecule has 4 heterocycles. The molecule has 1 aliphatic heterocycles. The standard InChI is InChI=1S/C22H23FN6O4/c1-13-7-19(33-27-13)14-8-17(23)21(25)29(11-14)20(24)12-28-4-3-18-16(22(28)30)9-15(10-26-18)32-6-5-31-2/h3-4,7-11,13,24-25,27H,5-6,12H2,1-2H3. The Labute approximate surface area is 187 Å². The van der Waals surface area contributed by atoms with Crippen molar-refractivity contribution in [2.45, 2.75) is 19.5 Å². The predicted molar refractivity (Wildman–Crippen MR) is 118 cm³/mol. The number of nitrogens with one attached hydrogen (secondary N) is 3. The third-order valence-corrected chi connectivity index (χ3v) is 5.02. The minimum absolute atomic E-state index is 0.0557. The van der Waals surface area contributed by atoms with Gasteiger partial charge in [-0.05, 0) is 31.2 Å². The second kappa shape index (κ2) is 9.35. The molecule has 0 bridgehead atoms. The number of nitrogens with zero attached hydrogens (tertiary/aromatic N) is 3. The lowest BCUT2D eigenvalue weighted by atomic mass is 10.2. The number of hydrogen-bond acceptors (Lipinski definition) is 8. The summed E-state index contributed by atoms with van der Waals surface area (Å²) >= 11 is 0. The molecular formula is C22H23FN6O4. The van der Waals surface area contributed by atoms with Crippen LogP contribution in [-0.2, 0) is 16.1 Å². The molecule has 0 radical (unpaired) electrons. The molecule has 172 valence electrons. The summed E-state index contributed by atoms with van der Waals surface area (Å²) in [7, 11) is 1.56. The van der Waals surface area contributed by atoms with Crippen LogP contribution in [0.15, 0.2) is 47.7 Å². The quantitative estimate of drug-likeness (QED) is 0.283. The molecular weight excluding hydrogens is 431 g/mol.